The van der Waals surface area contributed by atoms with Crippen LogP contribution < -0.4 is 10.6 Å². The van der Waals surface area contributed by atoms with Crippen LogP contribution in [0.4, 0.5) is 17.3 Å². The molecule has 0 aliphatic heterocycles. The van der Waals surface area contributed by atoms with Crippen LogP contribution in [0.3, 0.4) is 0 Å². The number of nitrogens with zero attached hydrogens (tertiary/aromatic N) is 1. The average molecular weight is 327 g/mol. The van der Waals surface area contributed by atoms with Crippen molar-refractivity contribution >= 4 is 44.9 Å². The van der Waals surface area contributed by atoms with E-state index in [9.17, 15) is 0 Å². The summed E-state index contributed by atoms with van der Waals surface area (Å²) >= 11 is 9.34. The number of halogens is 2. The van der Waals surface area contributed by atoms with Crippen LogP contribution >= 0.6 is 27.5 Å². The third-order valence-electron chi connectivity index (χ3n) is 2.30. The van der Waals surface area contributed by atoms with Gasteiger partial charge in [-0.05, 0) is 53.2 Å². The lowest BCUT2D eigenvalue weighted by molar-refractivity contribution is 1.16. The molecule has 2 aromatic rings. The maximum Gasteiger partial charge on any atom is 0.132 e. The summed E-state index contributed by atoms with van der Waals surface area (Å²) in [5.74, 6) is 1.65. The van der Waals surface area contributed by atoms with E-state index in [4.69, 9.17) is 11.6 Å². The summed E-state index contributed by atoms with van der Waals surface area (Å²) in [4.78, 5) is 4.44. The highest BCUT2D eigenvalue weighted by molar-refractivity contribution is 9.10. The molecule has 94 valence electrons. The first-order chi connectivity index (χ1) is 8.69. The lowest BCUT2D eigenvalue weighted by Gasteiger charge is -2.08. The lowest BCUT2D eigenvalue weighted by Crippen LogP contribution is -2.01. The number of aromatic nitrogens is 1. The highest BCUT2D eigenvalue weighted by Crippen LogP contribution is 2.27. The molecule has 0 unspecified atom stereocenters. The topological polar surface area (TPSA) is 37.0 Å². The van der Waals surface area contributed by atoms with Crippen molar-refractivity contribution in [1.29, 1.82) is 0 Å². The quantitative estimate of drug-likeness (QED) is 0.857. The van der Waals surface area contributed by atoms with Gasteiger partial charge < -0.3 is 10.6 Å². The Hall–Kier alpha value is -1.26. The fraction of sp³-hybridized carbons (Fsp3) is 0.154. The summed E-state index contributed by atoms with van der Waals surface area (Å²) in [5.41, 5.74) is 0.937. The van der Waals surface area contributed by atoms with Gasteiger partial charge in [0, 0.05) is 16.7 Å². The highest BCUT2D eigenvalue weighted by atomic mass is 79.9. The number of rotatable bonds is 4. The Labute approximate surface area is 120 Å². The Morgan fingerprint density at radius 3 is 2.72 bits per heavy atom. The minimum Gasteiger partial charge on any atom is -0.370 e. The number of hydrogen-bond donors (Lipinski definition) is 2. The van der Waals surface area contributed by atoms with E-state index in [0.717, 1.165) is 28.3 Å². The summed E-state index contributed by atoms with van der Waals surface area (Å²) < 4.78 is 0.858. The molecule has 3 nitrogen and oxygen atoms in total. The molecular formula is C13H13BrClN3. The van der Waals surface area contributed by atoms with Gasteiger partial charge >= 0.3 is 0 Å². The Bertz CT molecular complexity index is 546. The number of anilines is 3. The first kappa shape index (κ1) is 13.2. The largest absolute Gasteiger partial charge is 0.370 e. The van der Waals surface area contributed by atoms with Crippen molar-refractivity contribution in [2.75, 3.05) is 17.2 Å². The molecular weight excluding hydrogens is 314 g/mol. The van der Waals surface area contributed by atoms with Crippen LogP contribution in [0.25, 0.3) is 0 Å². The van der Waals surface area contributed by atoms with Crippen molar-refractivity contribution in [3.8, 4) is 0 Å². The molecule has 0 fully saturated rings. The Balaban J connectivity index is 2.17. The van der Waals surface area contributed by atoms with Crippen LogP contribution in [-0.2, 0) is 0 Å². The van der Waals surface area contributed by atoms with E-state index in [-0.39, 0.29) is 0 Å². The van der Waals surface area contributed by atoms with E-state index in [0.29, 0.717) is 5.02 Å². The van der Waals surface area contributed by atoms with Crippen molar-refractivity contribution in [3.05, 3.63) is 45.9 Å². The monoisotopic (exact) mass is 325 g/mol. The van der Waals surface area contributed by atoms with Gasteiger partial charge in [-0.2, -0.15) is 0 Å². The number of nitrogens with one attached hydrogen (secondary N) is 2. The van der Waals surface area contributed by atoms with E-state index in [1.165, 1.54) is 0 Å². The molecule has 0 saturated carbocycles. The average Bonchev–Trinajstić information content (AvgIpc) is 2.35. The molecule has 0 spiro atoms. The standard InChI is InChI=1S/C13H13BrClN3/c1-2-16-12-4-3-5-13(18-12)17-9-6-7-11(15)10(14)8-9/h3-8H,2H2,1H3,(H2,16,17,18). The van der Waals surface area contributed by atoms with E-state index in [2.05, 4.69) is 31.5 Å². The van der Waals surface area contributed by atoms with Gasteiger partial charge in [-0.15, -0.1) is 0 Å². The molecule has 18 heavy (non-hydrogen) atoms. The highest BCUT2D eigenvalue weighted by Gasteiger charge is 2.01. The summed E-state index contributed by atoms with van der Waals surface area (Å²) in [5, 5.41) is 7.09. The molecule has 0 saturated heterocycles. The van der Waals surface area contributed by atoms with Gasteiger partial charge in [0.25, 0.3) is 0 Å². The van der Waals surface area contributed by atoms with Crippen LogP contribution in [0, 0.1) is 0 Å². The van der Waals surface area contributed by atoms with Gasteiger partial charge in [-0.1, -0.05) is 17.7 Å². The van der Waals surface area contributed by atoms with Gasteiger partial charge in [-0.25, -0.2) is 4.98 Å². The van der Waals surface area contributed by atoms with Gasteiger partial charge in [0.05, 0.1) is 5.02 Å². The molecule has 2 N–H and O–H groups in total. The van der Waals surface area contributed by atoms with Crippen molar-refractivity contribution < 1.29 is 0 Å². The van der Waals surface area contributed by atoms with E-state index < -0.39 is 0 Å². The third-order valence-corrected chi connectivity index (χ3v) is 3.51. The molecule has 1 aromatic carbocycles. The Morgan fingerprint density at radius 1 is 1.22 bits per heavy atom. The van der Waals surface area contributed by atoms with E-state index in [1.807, 2.05) is 43.3 Å². The Kier molecular flexibility index (Phi) is 4.44. The first-order valence-corrected chi connectivity index (χ1v) is 6.79. The molecule has 0 aliphatic rings. The maximum absolute atomic E-state index is 5.95. The van der Waals surface area contributed by atoms with Crippen LogP contribution in [0.5, 0.6) is 0 Å². The SMILES string of the molecule is CCNc1cccc(Nc2ccc(Cl)c(Br)c2)n1. The second kappa shape index (κ2) is 6.07. The zero-order valence-electron chi connectivity index (χ0n) is 9.87. The minimum atomic E-state index is 0.690. The number of pyridine rings is 1. The van der Waals surface area contributed by atoms with Crippen LogP contribution in [-0.4, -0.2) is 11.5 Å². The first-order valence-electron chi connectivity index (χ1n) is 5.62. The zero-order valence-corrected chi connectivity index (χ0v) is 12.2. The van der Waals surface area contributed by atoms with Gasteiger partial charge in [0.2, 0.25) is 0 Å². The van der Waals surface area contributed by atoms with Gasteiger partial charge in [0.15, 0.2) is 0 Å². The van der Waals surface area contributed by atoms with Crippen molar-refractivity contribution in [2.24, 2.45) is 0 Å². The molecule has 1 aromatic heterocycles. The molecule has 5 heteroatoms. The molecule has 0 bridgehead atoms. The lowest BCUT2D eigenvalue weighted by atomic mass is 10.3. The summed E-state index contributed by atoms with van der Waals surface area (Å²) in [6.45, 7) is 2.89. The summed E-state index contributed by atoms with van der Waals surface area (Å²) in [6, 6.07) is 11.5. The molecule has 0 aliphatic carbocycles. The second-order valence-electron chi connectivity index (χ2n) is 3.69. The van der Waals surface area contributed by atoms with Crippen molar-refractivity contribution in [3.63, 3.8) is 0 Å². The predicted octanol–water partition coefficient (Wildman–Crippen LogP) is 4.67. The van der Waals surface area contributed by atoms with E-state index in [1.54, 1.807) is 0 Å². The predicted molar refractivity (Wildman–Crippen MR) is 80.8 cm³/mol. The third kappa shape index (κ3) is 3.37. The number of benzene rings is 1. The Morgan fingerprint density at radius 2 is 2.00 bits per heavy atom. The molecule has 2 rings (SSSR count). The smallest absolute Gasteiger partial charge is 0.132 e. The van der Waals surface area contributed by atoms with Crippen LogP contribution in [0.15, 0.2) is 40.9 Å². The molecule has 1 heterocycles. The maximum atomic E-state index is 5.95. The normalized spacial score (nSPS) is 10.2. The van der Waals surface area contributed by atoms with E-state index >= 15 is 0 Å². The van der Waals surface area contributed by atoms with Crippen LogP contribution in [0.2, 0.25) is 5.02 Å². The summed E-state index contributed by atoms with van der Waals surface area (Å²) in [7, 11) is 0. The van der Waals surface area contributed by atoms with Gasteiger partial charge in [-0.3, -0.25) is 0 Å². The fourth-order valence-corrected chi connectivity index (χ4v) is 2.00. The van der Waals surface area contributed by atoms with Crippen LogP contribution in [0.1, 0.15) is 6.92 Å². The summed E-state index contributed by atoms with van der Waals surface area (Å²) in [6.07, 6.45) is 0. The zero-order chi connectivity index (χ0) is 13.0. The number of hydrogen-bond acceptors (Lipinski definition) is 3. The second-order valence-corrected chi connectivity index (χ2v) is 4.95. The fourth-order valence-electron chi connectivity index (χ4n) is 1.51. The molecule has 0 amide bonds. The minimum absolute atomic E-state index is 0.690. The molecule has 0 atom stereocenters. The molecule has 0 radical (unpaired) electrons. The van der Waals surface area contributed by atoms with Gasteiger partial charge in [0.1, 0.15) is 11.6 Å². The van der Waals surface area contributed by atoms with Crippen molar-refractivity contribution in [1.82, 2.24) is 4.98 Å². The van der Waals surface area contributed by atoms with Crippen molar-refractivity contribution in [2.45, 2.75) is 6.92 Å².